The van der Waals surface area contributed by atoms with Crippen molar-refractivity contribution in [3.8, 4) is 0 Å². The van der Waals surface area contributed by atoms with Crippen LogP contribution in [-0.4, -0.2) is 52.1 Å². The second-order valence-corrected chi connectivity index (χ2v) is 4.23. The number of aliphatic hydroxyl groups is 1. The van der Waals surface area contributed by atoms with E-state index in [4.69, 9.17) is 5.11 Å². The van der Waals surface area contributed by atoms with Gasteiger partial charge in [-0.25, -0.2) is 4.98 Å². The highest BCUT2D eigenvalue weighted by Gasteiger charge is 2.16. The molecule has 1 rings (SSSR count). The lowest BCUT2D eigenvalue weighted by Gasteiger charge is -2.20. The average Bonchev–Trinajstić information content (AvgIpc) is 2.44. The van der Waals surface area contributed by atoms with Gasteiger partial charge in [-0.05, 0) is 12.8 Å². The Kier molecular flexibility index (Phi) is 6.81. The van der Waals surface area contributed by atoms with Crippen LogP contribution in [0.25, 0.3) is 0 Å². The largest absolute Gasteiger partial charge is 0.395 e. The molecule has 0 bridgehead atoms. The van der Waals surface area contributed by atoms with Crippen LogP contribution in [0.15, 0.2) is 12.4 Å². The van der Waals surface area contributed by atoms with Gasteiger partial charge in [0.15, 0.2) is 0 Å². The SMILES string of the molecule is CCCNc1cncc(C(=O)N(CCC)CCO)n1. The molecule has 0 aliphatic heterocycles. The van der Waals surface area contributed by atoms with Crippen LogP contribution < -0.4 is 5.32 Å². The van der Waals surface area contributed by atoms with Crippen LogP contribution in [0.1, 0.15) is 37.2 Å². The van der Waals surface area contributed by atoms with Crippen LogP contribution in [0, 0.1) is 0 Å². The first-order chi connectivity index (χ1) is 9.22. The lowest BCUT2D eigenvalue weighted by molar-refractivity contribution is 0.0716. The van der Waals surface area contributed by atoms with Crippen molar-refractivity contribution in [2.45, 2.75) is 26.7 Å². The smallest absolute Gasteiger partial charge is 0.274 e. The number of nitrogens with zero attached hydrogens (tertiary/aromatic N) is 3. The normalized spacial score (nSPS) is 10.3. The Balaban J connectivity index is 2.78. The summed E-state index contributed by atoms with van der Waals surface area (Å²) in [6, 6.07) is 0. The molecule has 0 radical (unpaired) electrons. The van der Waals surface area contributed by atoms with E-state index in [1.54, 1.807) is 11.1 Å². The topological polar surface area (TPSA) is 78.4 Å². The molecule has 0 aliphatic rings. The minimum atomic E-state index is -0.191. The first-order valence-corrected chi connectivity index (χ1v) is 6.69. The first-order valence-electron chi connectivity index (χ1n) is 6.69. The second-order valence-electron chi connectivity index (χ2n) is 4.23. The summed E-state index contributed by atoms with van der Waals surface area (Å²) in [6.45, 7) is 5.71. The quantitative estimate of drug-likeness (QED) is 0.738. The lowest BCUT2D eigenvalue weighted by Crippen LogP contribution is -2.34. The summed E-state index contributed by atoms with van der Waals surface area (Å²) in [4.78, 5) is 22.1. The molecule has 19 heavy (non-hydrogen) atoms. The van der Waals surface area contributed by atoms with E-state index in [9.17, 15) is 4.79 Å². The van der Waals surface area contributed by atoms with Gasteiger partial charge in [0.1, 0.15) is 11.5 Å². The summed E-state index contributed by atoms with van der Waals surface area (Å²) in [5.41, 5.74) is 0.308. The maximum absolute atomic E-state index is 12.2. The molecule has 1 heterocycles. The van der Waals surface area contributed by atoms with Gasteiger partial charge in [0.05, 0.1) is 19.0 Å². The monoisotopic (exact) mass is 266 g/mol. The Morgan fingerprint density at radius 1 is 1.32 bits per heavy atom. The maximum Gasteiger partial charge on any atom is 0.274 e. The number of rotatable bonds is 8. The van der Waals surface area contributed by atoms with Crippen molar-refractivity contribution in [3.05, 3.63) is 18.1 Å². The molecule has 1 amide bonds. The number of amides is 1. The summed E-state index contributed by atoms with van der Waals surface area (Å²) >= 11 is 0. The number of hydrogen-bond donors (Lipinski definition) is 2. The molecule has 0 atom stereocenters. The molecule has 2 N–H and O–H groups in total. The summed E-state index contributed by atoms with van der Waals surface area (Å²) in [5, 5.41) is 12.1. The van der Waals surface area contributed by atoms with Crippen LogP contribution in [0.3, 0.4) is 0 Å². The zero-order valence-corrected chi connectivity index (χ0v) is 11.6. The molecule has 0 saturated heterocycles. The molecule has 0 saturated carbocycles. The number of hydrogen-bond acceptors (Lipinski definition) is 5. The van der Waals surface area contributed by atoms with E-state index in [-0.39, 0.29) is 12.5 Å². The third kappa shape index (κ3) is 4.82. The molecular formula is C13H22N4O2. The molecular weight excluding hydrogens is 244 g/mol. The van der Waals surface area contributed by atoms with E-state index in [1.807, 2.05) is 6.92 Å². The fraction of sp³-hybridized carbons (Fsp3) is 0.615. The van der Waals surface area contributed by atoms with Gasteiger partial charge in [-0.3, -0.25) is 9.78 Å². The van der Waals surface area contributed by atoms with E-state index in [0.717, 1.165) is 19.4 Å². The van der Waals surface area contributed by atoms with Crippen LogP contribution in [0.5, 0.6) is 0 Å². The van der Waals surface area contributed by atoms with Crippen LogP contribution >= 0.6 is 0 Å². The van der Waals surface area contributed by atoms with Gasteiger partial charge in [-0.1, -0.05) is 13.8 Å². The molecule has 0 unspecified atom stereocenters. The number of nitrogens with one attached hydrogen (secondary N) is 1. The fourth-order valence-corrected chi connectivity index (χ4v) is 1.67. The number of carbonyl (C=O) groups excluding carboxylic acids is 1. The minimum Gasteiger partial charge on any atom is -0.395 e. The van der Waals surface area contributed by atoms with Gasteiger partial charge >= 0.3 is 0 Å². The Morgan fingerprint density at radius 3 is 2.74 bits per heavy atom. The lowest BCUT2D eigenvalue weighted by atomic mass is 10.3. The van der Waals surface area contributed by atoms with Crippen molar-refractivity contribution < 1.29 is 9.90 Å². The van der Waals surface area contributed by atoms with Gasteiger partial charge in [0, 0.05) is 19.6 Å². The molecule has 0 spiro atoms. The van der Waals surface area contributed by atoms with Crippen LogP contribution in [0.2, 0.25) is 0 Å². The molecule has 0 aliphatic carbocycles. The first kappa shape index (κ1) is 15.4. The van der Waals surface area contributed by atoms with Crippen molar-refractivity contribution in [2.75, 3.05) is 31.6 Å². The third-order valence-corrected chi connectivity index (χ3v) is 2.56. The summed E-state index contributed by atoms with van der Waals surface area (Å²) in [6.07, 6.45) is 4.88. The Labute approximate surface area is 113 Å². The molecule has 0 fully saturated rings. The molecule has 6 nitrogen and oxygen atoms in total. The van der Waals surface area contributed by atoms with Gasteiger partial charge in [0.25, 0.3) is 5.91 Å². The van der Waals surface area contributed by atoms with E-state index < -0.39 is 0 Å². The van der Waals surface area contributed by atoms with Crippen molar-refractivity contribution >= 4 is 11.7 Å². The fourth-order valence-electron chi connectivity index (χ4n) is 1.67. The predicted molar refractivity (Wildman–Crippen MR) is 74.1 cm³/mol. The molecule has 0 aromatic carbocycles. The van der Waals surface area contributed by atoms with Gasteiger partial charge in [-0.2, -0.15) is 0 Å². The molecule has 1 aromatic rings. The minimum absolute atomic E-state index is 0.0487. The van der Waals surface area contributed by atoms with E-state index in [0.29, 0.717) is 24.6 Å². The maximum atomic E-state index is 12.2. The van der Waals surface area contributed by atoms with E-state index in [1.165, 1.54) is 6.20 Å². The Hall–Kier alpha value is -1.69. The summed E-state index contributed by atoms with van der Waals surface area (Å²) < 4.78 is 0. The number of anilines is 1. The zero-order valence-electron chi connectivity index (χ0n) is 11.6. The highest BCUT2D eigenvalue weighted by Crippen LogP contribution is 2.06. The predicted octanol–water partition coefficient (Wildman–Crippen LogP) is 1.14. The second kappa shape index (κ2) is 8.42. The third-order valence-electron chi connectivity index (χ3n) is 2.56. The highest BCUT2D eigenvalue weighted by molar-refractivity contribution is 5.92. The number of aromatic nitrogens is 2. The van der Waals surface area contributed by atoms with Gasteiger partial charge < -0.3 is 15.3 Å². The van der Waals surface area contributed by atoms with Crippen LogP contribution in [0.4, 0.5) is 5.82 Å². The van der Waals surface area contributed by atoms with Gasteiger partial charge in [-0.15, -0.1) is 0 Å². The Morgan fingerprint density at radius 2 is 2.11 bits per heavy atom. The van der Waals surface area contributed by atoms with Crippen molar-refractivity contribution in [1.82, 2.24) is 14.9 Å². The van der Waals surface area contributed by atoms with Crippen LogP contribution in [-0.2, 0) is 0 Å². The van der Waals surface area contributed by atoms with Crippen molar-refractivity contribution in [1.29, 1.82) is 0 Å². The molecule has 1 aromatic heterocycles. The number of aliphatic hydroxyl groups excluding tert-OH is 1. The van der Waals surface area contributed by atoms with Gasteiger partial charge in [0.2, 0.25) is 0 Å². The average molecular weight is 266 g/mol. The number of carbonyl (C=O) groups is 1. The Bertz CT molecular complexity index is 392. The standard InChI is InChI=1S/C13H22N4O2/c1-3-5-15-12-10-14-9-11(16-12)13(19)17(6-4-2)7-8-18/h9-10,18H,3-8H2,1-2H3,(H,15,16). The molecule has 6 heteroatoms. The van der Waals surface area contributed by atoms with E-state index >= 15 is 0 Å². The zero-order chi connectivity index (χ0) is 14.1. The van der Waals surface area contributed by atoms with Crippen molar-refractivity contribution in [2.24, 2.45) is 0 Å². The summed E-state index contributed by atoms with van der Waals surface area (Å²) in [7, 11) is 0. The van der Waals surface area contributed by atoms with E-state index in [2.05, 4.69) is 22.2 Å². The molecule has 106 valence electrons. The summed E-state index contributed by atoms with van der Waals surface area (Å²) in [5.74, 6) is 0.414. The van der Waals surface area contributed by atoms with Crippen molar-refractivity contribution in [3.63, 3.8) is 0 Å². The highest BCUT2D eigenvalue weighted by atomic mass is 16.3.